The molecular formula is C32H16N2O2. The Morgan fingerprint density at radius 2 is 0.917 bits per heavy atom. The topological polar surface area (TPSA) is 46.4 Å². The molecule has 4 heteroatoms. The predicted octanol–water partition coefficient (Wildman–Crippen LogP) is 0.950. The third-order valence-corrected chi connectivity index (χ3v) is 5.02. The van der Waals surface area contributed by atoms with Crippen LogP contribution in [0.1, 0.15) is 0 Å². The lowest BCUT2D eigenvalue weighted by Gasteiger charge is -2.11. The Hall–Kier alpha value is -5.78. The van der Waals surface area contributed by atoms with Gasteiger partial charge in [-0.3, -0.25) is 10.1 Å². The molecule has 0 unspecified atom stereocenters. The second kappa shape index (κ2) is 10.9. The summed E-state index contributed by atoms with van der Waals surface area (Å²) in [6.07, 6.45) is 0. The van der Waals surface area contributed by atoms with Crippen molar-refractivity contribution in [2.24, 2.45) is 0 Å². The molecule has 0 aliphatic heterocycles. The van der Waals surface area contributed by atoms with Crippen LogP contribution in [0.3, 0.4) is 0 Å². The van der Waals surface area contributed by atoms with Crippen molar-refractivity contribution in [1.29, 1.82) is 0 Å². The van der Waals surface area contributed by atoms with Crippen LogP contribution in [0.25, 0.3) is 34.4 Å². The average Bonchev–Trinajstić information content (AvgIpc) is 2.87. The number of nitro benzene ring substituents is 1. The molecular weight excluding hydrogens is 444 g/mol. The third kappa shape index (κ3) is 5.58. The Kier molecular flexibility index (Phi) is 7.07. The van der Waals surface area contributed by atoms with Crippen LogP contribution in [-0.2, 0) is 0 Å². The molecule has 1 aliphatic rings. The highest BCUT2D eigenvalue weighted by Gasteiger charge is 2.15. The zero-order valence-corrected chi connectivity index (χ0v) is 19.5. The van der Waals surface area contributed by atoms with Crippen molar-refractivity contribution in [1.82, 2.24) is 0 Å². The normalized spacial score (nSPS) is 10.2. The lowest BCUT2D eigenvalue weighted by molar-refractivity contribution is -0.384. The second-order valence-corrected chi connectivity index (χ2v) is 7.63. The molecule has 0 N–H and O–H groups in total. The van der Waals surface area contributed by atoms with E-state index in [4.69, 9.17) is 0 Å². The Morgan fingerprint density at radius 3 is 1.25 bits per heavy atom. The fourth-order valence-electron chi connectivity index (χ4n) is 3.28. The molecule has 3 aromatic rings. The maximum absolute atomic E-state index is 11.7. The Labute approximate surface area is 206 Å². The van der Waals surface area contributed by atoms with Gasteiger partial charge in [0, 0.05) is 51.5 Å². The lowest BCUT2D eigenvalue weighted by Crippen LogP contribution is -2.25. The van der Waals surface area contributed by atoms with Crippen LogP contribution in [0.2, 0.25) is 0 Å². The van der Waals surface area contributed by atoms with Crippen LogP contribution in [0.5, 0.6) is 0 Å². The molecule has 3 aromatic carbocycles. The molecule has 166 valence electrons. The van der Waals surface area contributed by atoms with E-state index in [-0.39, 0.29) is 5.69 Å². The molecule has 0 aromatic heterocycles. The smallest absolute Gasteiger partial charge is 0.293 e. The molecule has 0 saturated heterocycles. The Bertz CT molecular complexity index is 2190. The number of hydrogen-bond donors (Lipinski definition) is 0. The van der Waals surface area contributed by atoms with E-state index in [1.165, 1.54) is 6.07 Å². The van der Waals surface area contributed by atoms with E-state index in [1.807, 2.05) is 48.5 Å². The summed E-state index contributed by atoms with van der Waals surface area (Å²) in [5.41, 5.74) is 35.4. The predicted molar refractivity (Wildman–Crippen MR) is 140 cm³/mol. The molecule has 0 amide bonds. The minimum Gasteiger partial charge on any atom is -0.372 e. The molecule has 0 heterocycles. The fraction of sp³-hybridized carbons (Fsp3) is 0.0625. The van der Waals surface area contributed by atoms with Crippen LogP contribution >= 0.6 is 0 Å². The number of nitro groups is 1. The largest absolute Gasteiger partial charge is 0.372 e. The van der Waals surface area contributed by atoms with Gasteiger partial charge in [-0.1, -0.05) is 58.7 Å². The van der Waals surface area contributed by atoms with Crippen molar-refractivity contribution in [3.05, 3.63) is 136 Å². The molecule has 36 heavy (non-hydrogen) atoms. The highest BCUT2D eigenvalue weighted by atomic mass is 16.6. The van der Waals surface area contributed by atoms with E-state index < -0.39 is 4.92 Å². The first-order valence-corrected chi connectivity index (χ1v) is 10.8. The monoisotopic (exact) mass is 460 g/mol. The van der Waals surface area contributed by atoms with Gasteiger partial charge in [0.15, 0.2) is 0 Å². The van der Waals surface area contributed by atoms with Crippen LogP contribution < -0.4 is 36.2 Å². The van der Waals surface area contributed by atoms with Crippen molar-refractivity contribution < 1.29 is 4.92 Å². The van der Waals surface area contributed by atoms with Crippen LogP contribution in [0.15, 0.2) is 95.1 Å². The molecule has 0 fully saturated rings. The summed E-state index contributed by atoms with van der Waals surface area (Å²) in [5.74, 6) is 0. The Balaban J connectivity index is 2.42. The lowest BCUT2D eigenvalue weighted by atomic mass is 10.2. The summed E-state index contributed by atoms with van der Waals surface area (Å²) >= 11 is 0. The maximum atomic E-state index is 11.7. The molecule has 4 rings (SSSR count). The summed E-state index contributed by atoms with van der Waals surface area (Å²) in [6, 6.07) is 18.0. The van der Waals surface area contributed by atoms with Gasteiger partial charge < -0.3 is 4.90 Å². The first-order chi connectivity index (χ1) is 17.5. The van der Waals surface area contributed by atoms with Crippen LogP contribution in [0, 0.1) is 10.1 Å². The van der Waals surface area contributed by atoms with Crippen molar-refractivity contribution in [3.8, 4) is 0 Å². The molecule has 1 aliphatic carbocycles. The van der Waals surface area contributed by atoms with E-state index in [1.54, 1.807) is 25.1 Å². The molecule has 0 saturated carbocycles. The van der Waals surface area contributed by atoms with E-state index in [0.29, 0.717) is 21.3 Å². The zero-order chi connectivity index (χ0) is 25.3. The number of hydrogen-bond acceptors (Lipinski definition) is 3. The molecule has 4 nitrogen and oxygen atoms in total. The minimum absolute atomic E-state index is 0.0656. The van der Waals surface area contributed by atoms with Gasteiger partial charge in [-0.15, -0.1) is 0 Å². The standard InChI is InChI=1S/C32H16N2O2/c1-33(2)31-23-29-21-11-9-19-27-17-7-5-15-25(27)13-3-4-14-26-16-6-8-18-28(26)20-10-12-22-30(29)24-32(31)34(35)36/h5-8,15-18,23-24H,1-2H3. The van der Waals surface area contributed by atoms with Gasteiger partial charge >= 0.3 is 0 Å². The van der Waals surface area contributed by atoms with E-state index in [0.717, 1.165) is 15.7 Å². The van der Waals surface area contributed by atoms with Crippen molar-refractivity contribution in [2.75, 3.05) is 19.0 Å². The summed E-state index contributed by atoms with van der Waals surface area (Å²) in [5, 5.41) is 15.5. The quantitative estimate of drug-likeness (QED) is 0.254. The highest BCUT2D eigenvalue weighted by Crippen LogP contribution is 2.22. The van der Waals surface area contributed by atoms with Gasteiger partial charge in [0.1, 0.15) is 5.69 Å². The van der Waals surface area contributed by atoms with E-state index >= 15 is 0 Å². The number of nitrogens with zero attached hydrogens (tertiary/aromatic N) is 2. The first-order valence-electron chi connectivity index (χ1n) is 10.8. The third-order valence-electron chi connectivity index (χ3n) is 5.02. The number of fused-ring (bicyclic) bond motifs is 3. The summed E-state index contributed by atoms with van der Waals surface area (Å²) in [4.78, 5) is 12.9. The maximum Gasteiger partial charge on any atom is 0.293 e. The van der Waals surface area contributed by atoms with Gasteiger partial charge in [0.2, 0.25) is 0 Å². The van der Waals surface area contributed by atoms with Gasteiger partial charge in [0.05, 0.1) is 4.92 Å². The highest BCUT2D eigenvalue weighted by molar-refractivity contribution is 5.63. The van der Waals surface area contributed by atoms with E-state index in [9.17, 15) is 10.1 Å². The molecule has 0 spiro atoms. The van der Waals surface area contributed by atoms with Crippen molar-refractivity contribution in [3.63, 3.8) is 0 Å². The number of anilines is 1. The number of benzene rings is 3. The first kappa shape index (κ1) is 23.4. The van der Waals surface area contributed by atoms with Crippen LogP contribution in [0.4, 0.5) is 11.4 Å². The summed E-state index contributed by atoms with van der Waals surface area (Å²) in [7, 11) is 3.47. The second-order valence-electron chi connectivity index (χ2n) is 7.63. The Morgan fingerprint density at radius 1 is 0.583 bits per heavy atom. The average molecular weight is 460 g/mol. The SMILES string of the molecule is CN(C)c1cc2c(cc1[N+](=O)[O-])=C=C=C=C=c1ccccc1=C=C=C=C=c1ccccc1=C=C=C=C=2. The van der Waals surface area contributed by atoms with Gasteiger partial charge in [0.25, 0.3) is 5.69 Å². The van der Waals surface area contributed by atoms with Crippen LogP contribution in [-0.4, -0.2) is 19.0 Å². The van der Waals surface area contributed by atoms with E-state index in [2.05, 4.69) is 68.8 Å². The fourth-order valence-corrected chi connectivity index (χ4v) is 3.28. The van der Waals surface area contributed by atoms with Crippen molar-refractivity contribution >= 4 is 45.8 Å². The summed E-state index contributed by atoms with van der Waals surface area (Å²) in [6.45, 7) is 0. The number of rotatable bonds is 2. The van der Waals surface area contributed by atoms with Gasteiger partial charge in [-0.2, -0.15) is 0 Å². The minimum atomic E-state index is -0.436. The van der Waals surface area contributed by atoms with Crippen molar-refractivity contribution in [2.45, 2.75) is 0 Å². The molecule has 0 radical (unpaired) electrons. The molecule has 0 atom stereocenters. The molecule has 0 bridgehead atoms. The summed E-state index contributed by atoms with van der Waals surface area (Å²) < 4.78 is 0. The zero-order valence-electron chi connectivity index (χ0n) is 19.5. The van der Waals surface area contributed by atoms with Gasteiger partial charge in [-0.05, 0) is 64.7 Å². The van der Waals surface area contributed by atoms with Gasteiger partial charge in [-0.25, -0.2) is 0 Å².